The Hall–Kier alpha value is -3.67. The predicted octanol–water partition coefficient (Wildman–Crippen LogP) is 3.97. The largest absolute Gasteiger partial charge is 0.494 e. The predicted molar refractivity (Wildman–Crippen MR) is 129 cm³/mol. The molecule has 12 heteroatoms. The number of halogens is 3. The van der Waals surface area contributed by atoms with Crippen molar-refractivity contribution in [3.05, 3.63) is 41.4 Å². The molecule has 9 nitrogen and oxygen atoms in total. The Balaban J connectivity index is 1.62. The van der Waals surface area contributed by atoms with E-state index in [1.165, 1.54) is 19.2 Å². The standard InChI is InChI=1S/C25H28F3N5O4/c1-11(2)22(34)30-13-9-14(10-13)31-23(35)20-21(12(3)29)37-24(33-20)16-5-7-17(36-4)19-15(16)6-8-18(32-19)25(26,27)28/h5-8,11-14H,9-10,29H2,1-4H3,(H,30,34)(H,31,35)/t12-,13-,14-/m0/s1. The summed E-state index contributed by atoms with van der Waals surface area (Å²) in [5.41, 5.74) is 5.26. The molecule has 198 valence electrons. The minimum absolute atomic E-state index is 0.0106. The molecule has 2 aromatic heterocycles. The van der Waals surface area contributed by atoms with Gasteiger partial charge < -0.3 is 25.5 Å². The number of oxazole rings is 1. The second-order valence-corrected chi connectivity index (χ2v) is 9.43. The highest BCUT2D eigenvalue weighted by atomic mass is 19.4. The number of fused-ring (bicyclic) bond motifs is 1. The maximum Gasteiger partial charge on any atom is 0.433 e. The molecule has 1 fully saturated rings. The van der Waals surface area contributed by atoms with Crippen molar-refractivity contribution in [2.45, 2.75) is 57.9 Å². The SMILES string of the molecule is COc1ccc(-c2nc(C(=O)N[C@H]3C[C@H](NC(=O)C(C)C)C3)c([C@H](C)N)o2)c2ccc(C(F)(F)F)nc12. The fourth-order valence-electron chi connectivity index (χ4n) is 4.09. The molecule has 0 unspecified atom stereocenters. The van der Waals surface area contributed by atoms with Crippen LogP contribution in [0.1, 0.15) is 61.6 Å². The summed E-state index contributed by atoms with van der Waals surface area (Å²) in [5.74, 6) is -0.358. The van der Waals surface area contributed by atoms with Gasteiger partial charge in [0, 0.05) is 29.0 Å². The Morgan fingerprint density at radius 2 is 1.76 bits per heavy atom. The Morgan fingerprint density at radius 1 is 1.08 bits per heavy atom. The van der Waals surface area contributed by atoms with Crippen molar-refractivity contribution in [1.82, 2.24) is 20.6 Å². The van der Waals surface area contributed by atoms with Crippen molar-refractivity contribution in [2.75, 3.05) is 7.11 Å². The zero-order valence-electron chi connectivity index (χ0n) is 20.8. The topological polar surface area (TPSA) is 132 Å². The van der Waals surface area contributed by atoms with Crippen LogP contribution >= 0.6 is 0 Å². The molecule has 2 heterocycles. The fourth-order valence-corrected chi connectivity index (χ4v) is 4.09. The normalized spacial score (nSPS) is 18.4. The molecule has 0 aliphatic heterocycles. The van der Waals surface area contributed by atoms with E-state index in [0.717, 1.165) is 6.07 Å². The molecule has 4 rings (SSSR count). The average Bonchev–Trinajstić information content (AvgIpc) is 3.26. The monoisotopic (exact) mass is 519 g/mol. The first-order valence-electron chi connectivity index (χ1n) is 11.8. The van der Waals surface area contributed by atoms with Crippen LogP contribution in [0.5, 0.6) is 5.75 Å². The van der Waals surface area contributed by atoms with E-state index in [0.29, 0.717) is 23.8 Å². The van der Waals surface area contributed by atoms with Gasteiger partial charge in [-0.05, 0) is 44.0 Å². The maximum absolute atomic E-state index is 13.3. The molecule has 1 aliphatic rings. The van der Waals surface area contributed by atoms with Crippen LogP contribution in [0.15, 0.2) is 28.7 Å². The van der Waals surface area contributed by atoms with Gasteiger partial charge in [-0.1, -0.05) is 13.8 Å². The molecule has 4 N–H and O–H groups in total. The highest BCUT2D eigenvalue weighted by Gasteiger charge is 2.35. The van der Waals surface area contributed by atoms with E-state index < -0.39 is 23.8 Å². The fraction of sp³-hybridized carbons (Fsp3) is 0.440. The number of rotatable bonds is 7. The van der Waals surface area contributed by atoms with Gasteiger partial charge in [-0.3, -0.25) is 9.59 Å². The van der Waals surface area contributed by atoms with Gasteiger partial charge in [0.15, 0.2) is 11.5 Å². The molecule has 0 radical (unpaired) electrons. The number of nitrogens with zero attached hydrogens (tertiary/aromatic N) is 2. The molecule has 3 aromatic rings. The Kier molecular flexibility index (Phi) is 7.13. The zero-order valence-corrected chi connectivity index (χ0v) is 20.8. The number of nitrogens with two attached hydrogens (primary N) is 1. The van der Waals surface area contributed by atoms with Crippen molar-refractivity contribution in [1.29, 1.82) is 0 Å². The van der Waals surface area contributed by atoms with Crippen LogP contribution in [-0.2, 0) is 11.0 Å². The highest BCUT2D eigenvalue weighted by molar-refractivity contribution is 5.98. The second-order valence-electron chi connectivity index (χ2n) is 9.43. The van der Waals surface area contributed by atoms with Crippen LogP contribution in [0.3, 0.4) is 0 Å². The van der Waals surface area contributed by atoms with Crippen molar-refractivity contribution in [3.63, 3.8) is 0 Å². The highest BCUT2D eigenvalue weighted by Crippen LogP contribution is 2.37. The third kappa shape index (κ3) is 5.38. The van der Waals surface area contributed by atoms with Gasteiger partial charge in [-0.15, -0.1) is 0 Å². The van der Waals surface area contributed by atoms with Crippen molar-refractivity contribution < 1.29 is 31.9 Å². The summed E-state index contributed by atoms with van der Waals surface area (Å²) in [7, 11) is 1.33. The van der Waals surface area contributed by atoms with E-state index in [9.17, 15) is 22.8 Å². The van der Waals surface area contributed by atoms with Gasteiger partial charge in [0.05, 0.1) is 13.2 Å². The lowest BCUT2D eigenvalue weighted by Crippen LogP contribution is -2.54. The molecule has 0 spiro atoms. The molecule has 1 aliphatic carbocycles. The summed E-state index contributed by atoms with van der Waals surface area (Å²) in [6, 6.07) is 4.31. The number of pyridine rings is 1. The van der Waals surface area contributed by atoms with Gasteiger partial charge in [0.25, 0.3) is 5.91 Å². The van der Waals surface area contributed by atoms with Gasteiger partial charge in [0.1, 0.15) is 17.0 Å². The lowest BCUT2D eigenvalue weighted by Gasteiger charge is -2.36. The molecular weight excluding hydrogens is 491 g/mol. The van der Waals surface area contributed by atoms with E-state index in [1.807, 2.05) is 13.8 Å². The summed E-state index contributed by atoms with van der Waals surface area (Å²) in [5, 5.41) is 6.11. The summed E-state index contributed by atoms with van der Waals surface area (Å²) < 4.78 is 50.8. The number of aromatic nitrogens is 2. The van der Waals surface area contributed by atoms with Gasteiger partial charge in [-0.25, -0.2) is 9.97 Å². The minimum Gasteiger partial charge on any atom is -0.494 e. The molecule has 1 saturated carbocycles. The summed E-state index contributed by atoms with van der Waals surface area (Å²) in [6.45, 7) is 5.25. The van der Waals surface area contributed by atoms with E-state index in [1.54, 1.807) is 13.0 Å². The van der Waals surface area contributed by atoms with E-state index >= 15 is 0 Å². The van der Waals surface area contributed by atoms with Crippen LogP contribution in [0.2, 0.25) is 0 Å². The Labute approximate surface area is 211 Å². The summed E-state index contributed by atoms with van der Waals surface area (Å²) in [6.07, 6.45) is -3.47. The van der Waals surface area contributed by atoms with Gasteiger partial charge >= 0.3 is 6.18 Å². The molecule has 0 saturated heterocycles. The number of nitrogens with one attached hydrogen (secondary N) is 2. The minimum atomic E-state index is -4.64. The van der Waals surface area contributed by atoms with Crippen LogP contribution < -0.4 is 21.1 Å². The number of hydrogen-bond donors (Lipinski definition) is 3. The van der Waals surface area contributed by atoms with E-state index in [4.69, 9.17) is 14.9 Å². The number of hydrogen-bond acceptors (Lipinski definition) is 7. The third-order valence-corrected chi connectivity index (χ3v) is 6.19. The number of methoxy groups -OCH3 is 1. The van der Waals surface area contributed by atoms with Crippen LogP contribution in [0.4, 0.5) is 13.2 Å². The van der Waals surface area contributed by atoms with Gasteiger partial charge in [0.2, 0.25) is 11.8 Å². The number of alkyl halides is 3. The maximum atomic E-state index is 13.3. The molecule has 1 aromatic carbocycles. The van der Waals surface area contributed by atoms with Crippen molar-refractivity contribution in [3.8, 4) is 17.2 Å². The lowest BCUT2D eigenvalue weighted by molar-refractivity contribution is -0.141. The third-order valence-electron chi connectivity index (χ3n) is 6.19. The van der Waals surface area contributed by atoms with Crippen LogP contribution in [0, 0.1) is 5.92 Å². The Bertz CT molecular complexity index is 1330. The first-order valence-corrected chi connectivity index (χ1v) is 11.8. The second kappa shape index (κ2) is 10.0. The van der Waals surface area contributed by atoms with Crippen LogP contribution in [-0.4, -0.2) is 41.0 Å². The molecule has 0 bridgehead atoms. The quantitative estimate of drug-likeness (QED) is 0.430. The summed E-state index contributed by atoms with van der Waals surface area (Å²) in [4.78, 5) is 33.0. The van der Waals surface area contributed by atoms with E-state index in [2.05, 4.69) is 20.6 Å². The van der Waals surface area contributed by atoms with E-state index in [-0.39, 0.29) is 52.5 Å². The molecular formula is C25H28F3N5O4. The average molecular weight is 520 g/mol. The van der Waals surface area contributed by atoms with Crippen molar-refractivity contribution >= 4 is 22.7 Å². The first-order chi connectivity index (χ1) is 17.4. The number of carbonyl (C=O) groups excluding carboxylic acids is 2. The van der Waals surface area contributed by atoms with Gasteiger partial charge in [-0.2, -0.15) is 13.2 Å². The number of benzene rings is 1. The first kappa shape index (κ1) is 26.4. The Morgan fingerprint density at radius 3 is 2.35 bits per heavy atom. The van der Waals surface area contributed by atoms with Crippen molar-refractivity contribution in [2.24, 2.45) is 11.7 Å². The zero-order chi connectivity index (χ0) is 27.1. The molecule has 1 atom stereocenters. The number of ether oxygens (including phenoxy) is 1. The molecule has 2 amide bonds. The smallest absolute Gasteiger partial charge is 0.433 e. The number of carbonyl (C=O) groups is 2. The summed E-state index contributed by atoms with van der Waals surface area (Å²) >= 11 is 0. The lowest BCUT2D eigenvalue weighted by atomic mass is 9.86. The number of amides is 2. The van der Waals surface area contributed by atoms with Crippen LogP contribution in [0.25, 0.3) is 22.4 Å². The molecule has 37 heavy (non-hydrogen) atoms.